The lowest BCUT2D eigenvalue weighted by Crippen LogP contribution is -2.38. The Hall–Kier alpha value is -3.03. The van der Waals surface area contributed by atoms with Gasteiger partial charge < -0.3 is 31.4 Å². The highest BCUT2D eigenvalue weighted by Crippen LogP contribution is 2.07. The Morgan fingerprint density at radius 1 is 1.21 bits per heavy atom. The molecule has 0 aliphatic carbocycles. The van der Waals surface area contributed by atoms with Gasteiger partial charge in [0, 0.05) is 0 Å². The summed E-state index contributed by atoms with van der Waals surface area (Å²) in [6.07, 6.45) is 0.447. The number of aromatic nitrogens is 4. The topological polar surface area (TPSA) is 203 Å². The van der Waals surface area contributed by atoms with Gasteiger partial charge >= 0.3 is 11.9 Å². The Bertz CT molecular complexity index is 891. The van der Waals surface area contributed by atoms with Gasteiger partial charge in [0.2, 0.25) is 5.95 Å². The van der Waals surface area contributed by atoms with E-state index in [2.05, 4.69) is 15.0 Å². The summed E-state index contributed by atoms with van der Waals surface area (Å²) in [6, 6.07) is -1.68. The lowest BCUT2D eigenvalue weighted by atomic mass is 10.3. The largest absolute Gasteiger partial charge is 0.460 e. The van der Waals surface area contributed by atoms with E-state index < -0.39 is 35.7 Å². The minimum Gasteiger partial charge on any atom is -0.460 e. The minimum absolute atomic E-state index is 0.0641. The molecule has 0 saturated heterocycles. The third-order valence-corrected chi connectivity index (χ3v) is 3.47. The van der Waals surface area contributed by atoms with E-state index in [0.29, 0.717) is 0 Å². The summed E-state index contributed by atoms with van der Waals surface area (Å²) in [7, 11) is 0. The highest BCUT2D eigenvalue weighted by Gasteiger charge is 2.21. The number of nitrogens with one attached hydrogen (secondary N) is 1. The van der Waals surface area contributed by atoms with E-state index in [4.69, 9.17) is 31.4 Å². The Balaban J connectivity index is 2.01. The summed E-state index contributed by atoms with van der Waals surface area (Å²) in [5.41, 5.74) is 16.3. The highest BCUT2D eigenvalue weighted by atomic mass is 16.6. The summed E-state index contributed by atoms with van der Waals surface area (Å²) in [5, 5.41) is 0. The van der Waals surface area contributed by atoms with Crippen molar-refractivity contribution < 1.29 is 23.8 Å². The van der Waals surface area contributed by atoms with E-state index in [0.717, 1.165) is 0 Å². The third kappa shape index (κ3) is 5.48. The van der Waals surface area contributed by atoms with Gasteiger partial charge in [0.1, 0.15) is 25.4 Å². The molecule has 0 amide bonds. The maximum absolute atomic E-state index is 11.8. The average Bonchev–Trinajstić information content (AvgIpc) is 3.02. The van der Waals surface area contributed by atoms with Gasteiger partial charge in [0.25, 0.3) is 5.56 Å². The number of carbonyl (C=O) groups excluding carboxylic acids is 2. The first-order valence-corrected chi connectivity index (χ1v) is 8.35. The molecule has 2 aromatic heterocycles. The molecule has 7 N–H and O–H groups in total. The van der Waals surface area contributed by atoms with Crippen molar-refractivity contribution in [1.29, 1.82) is 0 Å². The second-order valence-corrected chi connectivity index (χ2v) is 6.10. The fourth-order valence-electron chi connectivity index (χ4n) is 2.04. The number of esters is 2. The van der Waals surface area contributed by atoms with E-state index in [-0.39, 0.29) is 37.1 Å². The van der Waals surface area contributed by atoms with Gasteiger partial charge in [-0.25, -0.2) is 4.98 Å². The van der Waals surface area contributed by atoms with Crippen LogP contribution >= 0.6 is 0 Å². The molecule has 0 bridgehead atoms. The Labute approximate surface area is 159 Å². The molecule has 0 saturated carbocycles. The summed E-state index contributed by atoms with van der Waals surface area (Å²) in [6.45, 7) is 2.48. The first-order chi connectivity index (χ1) is 13.2. The van der Waals surface area contributed by atoms with Crippen LogP contribution in [0.15, 0.2) is 11.1 Å². The Kier molecular flexibility index (Phi) is 7.03. The molecule has 154 valence electrons. The molecule has 0 fully saturated rings. The molecule has 0 aliphatic heterocycles. The molecule has 0 spiro atoms. The monoisotopic (exact) mass is 397 g/mol. The zero-order valence-electron chi connectivity index (χ0n) is 15.5. The second kappa shape index (κ2) is 9.25. The number of anilines is 1. The maximum Gasteiger partial charge on any atom is 0.323 e. The number of carbonyl (C=O) groups is 2. The molecule has 0 aromatic carbocycles. The number of ether oxygens (including phenoxy) is 3. The summed E-state index contributed by atoms with van der Waals surface area (Å²) < 4.78 is 17.1. The van der Waals surface area contributed by atoms with E-state index in [1.807, 2.05) is 0 Å². The van der Waals surface area contributed by atoms with Crippen molar-refractivity contribution in [3.8, 4) is 0 Å². The number of H-pyrrole nitrogens is 1. The standard InChI is InChI=1S/C15H23N7O6/c1-7(16)13(24)27-4-9(28-14(25)8(2)17)3-26-6-22-5-19-10-11(22)20-15(18)21-12(10)23/h5,7-9H,3-4,6,16-17H2,1-2H3,(H3,18,20,21,23)/t7-,8-,9-/m0/s1. The van der Waals surface area contributed by atoms with Gasteiger partial charge in [-0.2, -0.15) is 4.98 Å². The van der Waals surface area contributed by atoms with Gasteiger partial charge in [-0.15, -0.1) is 0 Å². The number of imidazole rings is 1. The lowest BCUT2D eigenvalue weighted by molar-refractivity contribution is -0.164. The quantitative estimate of drug-likeness (QED) is 0.335. The molecule has 13 nitrogen and oxygen atoms in total. The van der Waals surface area contributed by atoms with Crippen molar-refractivity contribution in [1.82, 2.24) is 19.5 Å². The third-order valence-electron chi connectivity index (χ3n) is 3.47. The van der Waals surface area contributed by atoms with Gasteiger partial charge in [0.15, 0.2) is 17.3 Å². The lowest BCUT2D eigenvalue weighted by Gasteiger charge is -2.20. The summed E-state index contributed by atoms with van der Waals surface area (Å²) >= 11 is 0. The fourth-order valence-corrected chi connectivity index (χ4v) is 2.04. The number of hydrogen-bond donors (Lipinski definition) is 4. The molecule has 0 radical (unpaired) electrons. The number of nitrogen functional groups attached to an aromatic ring is 1. The van der Waals surface area contributed by atoms with Gasteiger partial charge in [0.05, 0.1) is 12.9 Å². The minimum atomic E-state index is -0.905. The SMILES string of the molecule is C[C@H](N)C(=O)OC[C@H](COCn1cnc2c(=O)[nH]c(N)nc21)OC(=O)[C@H](C)N. The van der Waals surface area contributed by atoms with Crippen molar-refractivity contribution >= 4 is 29.1 Å². The average molecular weight is 397 g/mol. The van der Waals surface area contributed by atoms with Gasteiger partial charge in [-0.05, 0) is 13.8 Å². The van der Waals surface area contributed by atoms with E-state index >= 15 is 0 Å². The molecular formula is C15H23N7O6. The van der Waals surface area contributed by atoms with Gasteiger partial charge in [-0.3, -0.25) is 23.9 Å². The molecule has 2 heterocycles. The zero-order chi connectivity index (χ0) is 20.8. The van der Waals surface area contributed by atoms with Crippen molar-refractivity contribution in [2.45, 2.75) is 38.8 Å². The van der Waals surface area contributed by atoms with Crippen LogP contribution in [0.25, 0.3) is 11.2 Å². The molecule has 2 rings (SSSR count). The highest BCUT2D eigenvalue weighted by molar-refractivity contribution is 5.76. The van der Waals surface area contributed by atoms with Crippen LogP contribution in [0.1, 0.15) is 13.8 Å². The molecular weight excluding hydrogens is 374 g/mol. The van der Waals surface area contributed by atoms with Crippen molar-refractivity contribution in [2.24, 2.45) is 11.5 Å². The van der Waals surface area contributed by atoms with Crippen LogP contribution < -0.4 is 22.8 Å². The van der Waals surface area contributed by atoms with Crippen LogP contribution in [-0.4, -0.2) is 62.9 Å². The van der Waals surface area contributed by atoms with Crippen LogP contribution in [0.5, 0.6) is 0 Å². The predicted octanol–water partition coefficient (Wildman–Crippen LogP) is -2.17. The van der Waals surface area contributed by atoms with Crippen molar-refractivity contribution in [2.75, 3.05) is 18.9 Å². The van der Waals surface area contributed by atoms with Crippen molar-refractivity contribution in [3.05, 3.63) is 16.7 Å². The molecule has 3 atom stereocenters. The number of nitrogens with zero attached hydrogens (tertiary/aromatic N) is 3. The first kappa shape index (κ1) is 21.3. The first-order valence-electron chi connectivity index (χ1n) is 8.35. The predicted molar refractivity (Wildman–Crippen MR) is 96.7 cm³/mol. The molecule has 2 aromatic rings. The smallest absolute Gasteiger partial charge is 0.323 e. The molecule has 28 heavy (non-hydrogen) atoms. The maximum atomic E-state index is 11.8. The Morgan fingerprint density at radius 2 is 1.89 bits per heavy atom. The van der Waals surface area contributed by atoms with Crippen LogP contribution in [0.4, 0.5) is 5.95 Å². The van der Waals surface area contributed by atoms with E-state index in [1.165, 1.54) is 24.7 Å². The van der Waals surface area contributed by atoms with Crippen LogP contribution in [-0.2, 0) is 30.5 Å². The summed E-state index contributed by atoms with van der Waals surface area (Å²) in [5.74, 6) is -1.40. The number of nitrogens with two attached hydrogens (primary N) is 3. The number of rotatable bonds is 9. The summed E-state index contributed by atoms with van der Waals surface area (Å²) in [4.78, 5) is 45.3. The zero-order valence-corrected chi connectivity index (χ0v) is 15.5. The second-order valence-electron chi connectivity index (χ2n) is 6.10. The molecule has 13 heteroatoms. The Morgan fingerprint density at radius 3 is 2.54 bits per heavy atom. The number of aromatic amines is 1. The number of fused-ring (bicyclic) bond motifs is 1. The van der Waals surface area contributed by atoms with Crippen LogP contribution in [0.3, 0.4) is 0 Å². The van der Waals surface area contributed by atoms with E-state index in [1.54, 1.807) is 0 Å². The fraction of sp³-hybridized carbons (Fsp3) is 0.533. The molecule has 0 aliphatic rings. The number of hydrogen-bond acceptors (Lipinski definition) is 11. The van der Waals surface area contributed by atoms with E-state index in [9.17, 15) is 14.4 Å². The van der Waals surface area contributed by atoms with Crippen molar-refractivity contribution in [3.63, 3.8) is 0 Å². The molecule has 0 unspecified atom stereocenters. The van der Waals surface area contributed by atoms with Crippen LogP contribution in [0.2, 0.25) is 0 Å². The van der Waals surface area contributed by atoms with Crippen LogP contribution in [0, 0.1) is 0 Å². The van der Waals surface area contributed by atoms with Gasteiger partial charge in [-0.1, -0.05) is 0 Å². The normalized spacial score (nSPS) is 14.4.